The number of aromatic nitrogens is 6. The molecule has 0 radical (unpaired) electrons. The summed E-state index contributed by atoms with van der Waals surface area (Å²) in [6.45, 7) is 2.43. The Hall–Kier alpha value is -3.62. The van der Waals surface area contributed by atoms with Gasteiger partial charge in [0.25, 0.3) is 0 Å². The molecule has 9 heteroatoms. The molecule has 4 rings (SSSR count). The van der Waals surface area contributed by atoms with Gasteiger partial charge in [-0.05, 0) is 30.2 Å². The van der Waals surface area contributed by atoms with Gasteiger partial charge in [-0.2, -0.15) is 9.61 Å². The highest BCUT2D eigenvalue weighted by Gasteiger charge is 2.14. The van der Waals surface area contributed by atoms with Crippen LogP contribution < -0.4 is 5.46 Å². The van der Waals surface area contributed by atoms with E-state index in [1.807, 2.05) is 39.0 Å². The largest absolute Gasteiger partial charge is 0.461 e. The van der Waals surface area contributed by atoms with Crippen LogP contribution in [0.2, 0.25) is 0 Å². The number of hydrogen-bond donors (Lipinski definition) is 0. The topological polar surface area (TPSA) is 95.2 Å². The molecular formula is C21H21BN6O2. The SMILES string of the molecule is Bc1cnc(-c2cccc(Cc3nnc4ccc(C(=O)OCCCC)nn34)c2)nc1. The zero-order chi connectivity index (χ0) is 20.9. The highest BCUT2D eigenvalue weighted by molar-refractivity contribution is 6.31. The molecule has 0 N–H and O–H groups in total. The highest BCUT2D eigenvalue weighted by atomic mass is 16.5. The van der Waals surface area contributed by atoms with Crippen molar-refractivity contribution in [3.05, 3.63) is 65.9 Å². The van der Waals surface area contributed by atoms with E-state index in [1.165, 1.54) is 0 Å². The molecule has 150 valence electrons. The number of rotatable bonds is 7. The Morgan fingerprint density at radius 1 is 1.13 bits per heavy atom. The van der Waals surface area contributed by atoms with Crippen molar-refractivity contribution in [1.82, 2.24) is 29.8 Å². The average Bonchev–Trinajstić information content (AvgIpc) is 3.16. The summed E-state index contributed by atoms with van der Waals surface area (Å²) >= 11 is 0. The second-order valence-electron chi connectivity index (χ2n) is 7.06. The van der Waals surface area contributed by atoms with Gasteiger partial charge in [0.1, 0.15) is 7.85 Å². The van der Waals surface area contributed by atoms with Crippen molar-refractivity contribution in [2.24, 2.45) is 0 Å². The van der Waals surface area contributed by atoms with Crippen LogP contribution in [0.15, 0.2) is 48.8 Å². The fourth-order valence-corrected chi connectivity index (χ4v) is 2.98. The second kappa shape index (κ2) is 8.81. The van der Waals surface area contributed by atoms with E-state index < -0.39 is 5.97 Å². The maximum absolute atomic E-state index is 12.2. The van der Waals surface area contributed by atoms with Gasteiger partial charge in [-0.15, -0.1) is 10.2 Å². The normalized spacial score (nSPS) is 11.0. The number of nitrogens with zero attached hydrogens (tertiary/aromatic N) is 6. The van der Waals surface area contributed by atoms with Crippen molar-refractivity contribution in [3.8, 4) is 11.4 Å². The van der Waals surface area contributed by atoms with Gasteiger partial charge in [0.05, 0.1) is 6.61 Å². The smallest absolute Gasteiger partial charge is 0.358 e. The zero-order valence-electron chi connectivity index (χ0n) is 16.9. The van der Waals surface area contributed by atoms with Gasteiger partial charge in [-0.1, -0.05) is 37.0 Å². The van der Waals surface area contributed by atoms with E-state index in [0.717, 1.165) is 29.4 Å². The monoisotopic (exact) mass is 400 g/mol. The van der Waals surface area contributed by atoms with Crippen LogP contribution in [-0.2, 0) is 11.2 Å². The van der Waals surface area contributed by atoms with Gasteiger partial charge in [-0.3, -0.25) is 0 Å². The molecule has 0 saturated carbocycles. The number of carbonyl (C=O) groups is 1. The summed E-state index contributed by atoms with van der Waals surface area (Å²) in [7, 11) is 1.96. The Labute approximate surface area is 174 Å². The van der Waals surface area contributed by atoms with E-state index in [4.69, 9.17) is 4.74 Å². The summed E-state index contributed by atoms with van der Waals surface area (Å²) in [5.74, 6) is 0.863. The number of hydrogen-bond acceptors (Lipinski definition) is 7. The maximum Gasteiger partial charge on any atom is 0.358 e. The minimum absolute atomic E-state index is 0.237. The number of fused-ring (bicyclic) bond motifs is 1. The van der Waals surface area contributed by atoms with Crippen LogP contribution in [0.1, 0.15) is 41.6 Å². The average molecular weight is 400 g/mol. The number of carbonyl (C=O) groups excluding carboxylic acids is 1. The molecule has 4 aromatic rings. The van der Waals surface area contributed by atoms with Crippen molar-refractivity contribution in [2.45, 2.75) is 26.2 Å². The lowest BCUT2D eigenvalue weighted by Gasteiger charge is -2.06. The summed E-state index contributed by atoms with van der Waals surface area (Å²) in [6, 6.07) is 11.3. The van der Waals surface area contributed by atoms with Gasteiger partial charge in [0, 0.05) is 24.4 Å². The summed E-state index contributed by atoms with van der Waals surface area (Å²) < 4.78 is 6.84. The first-order chi connectivity index (χ1) is 14.6. The van der Waals surface area contributed by atoms with E-state index >= 15 is 0 Å². The number of ether oxygens (including phenoxy) is 1. The summed E-state index contributed by atoms with van der Waals surface area (Å²) in [6.07, 6.45) is 5.88. The Balaban J connectivity index is 1.58. The predicted octanol–water partition coefficient (Wildman–Crippen LogP) is 1.39. The highest BCUT2D eigenvalue weighted by Crippen LogP contribution is 2.17. The van der Waals surface area contributed by atoms with Crippen molar-refractivity contribution in [3.63, 3.8) is 0 Å². The molecule has 0 amide bonds. The molecule has 0 unspecified atom stereocenters. The van der Waals surface area contributed by atoms with Crippen LogP contribution in [0, 0.1) is 0 Å². The minimum atomic E-state index is -0.441. The van der Waals surface area contributed by atoms with Gasteiger partial charge < -0.3 is 4.74 Å². The third-order valence-corrected chi connectivity index (χ3v) is 4.60. The Kier molecular flexibility index (Phi) is 5.78. The van der Waals surface area contributed by atoms with Gasteiger partial charge in [-0.25, -0.2) is 14.8 Å². The van der Waals surface area contributed by atoms with E-state index in [9.17, 15) is 4.79 Å². The van der Waals surface area contributed by atoms with Crippen LogP contribution in [0.25, 0.3) is 17.0 Å². The zero-order valence-corrected chi connectivity index (χ0v) is 16.9. The first kappa shape index (κ1) is 19.7. The number of esters is 1. The molecule has 0 bridgehead atoms. The summed E-state index contributed by atoms with van der Waals surface area (Å²) in [5.41, 5.74) is 3.77. The van der Waals surface area contributed by atoms with Crippen LogP contribution in [0.3, 0.4) is 0 Å². The van der Waals surface area contributed by atoms with Crippen molar-refractivity contribution < 1.29 is 9.53 Å². The van der Waals surface area contributed by atoms with E-state index in [1.54, 1.807) is 29.0 Å². The molecule has 0 aliphatic carbocycles. The van der Waals surface area contributed by atoms with Gasteiger partial charge in [0.2, 0.25) is 0 Å². The lowest BCUT2D eigenvalue weighted by molar-refractivity contribution is 0.0491. The van der Waals surface area contributed by atoms with Crippen LogP contribution in [0.5, 0.6) is 0 Å². The molecule has 30 heavy (non-hydrogen) atoms. The molecule has 3 aromatic heterocycles. The fraction of sp³-hybridized carbons (Fsp3) is 0.238. The van der Waals surface area contributed by atoms with E-state index in [0.29, 0.717) is 30.3 Å². The molecule has 3 heterocycles. The molecule has 0 aliphatic heterocycles. The third-order valence-electron chi connectivity index (χ3n) is 4.60. The molecule has 8 nitrogen and oxygen atoms in total. The number of benzene rings is 1. The lowest BCUT2D eigenvalue weighted by Crippen LogP contribution is -2.11. The van der Waals surface area contributed by atoms with Crippen molar-refractivity contribution in [1.29, 1.82) is 0 Å². The number of unbranched alkanes of at least 4 members (excludes halogenated alkanes) is 1. The maximum atomic E-state index is 12.2. The molecule has 1 aromatic carbocycles. The molecule has 0 atom stereocenters. The third kappa shape index (κ3) is 4.35. The molecule has 0 aliphatic rings. The first-order valence-corrected chi connectivity index (χ1v) is 9.90. The van der Waals surface area contributed by atoms with Gasteiger partial charge >= 0.3 is 5.97 Å². The quantitative estimate of drug-likeness (QED) is 0.263. The summed E-state index contributed by atoms with van der Waals surface area (Å²) in [4.78, 5) is 21.0. The van der Waals surface area contributed by atoms with Gasteiger partial charge in [0.15, 0.2) is 23.0 Å². The Morgan fingerprint density at radius 3 is 2.77 bits per heavy atom. The Bertz CT molecular complexity index is 1180. The molecule has 0 spiro atoms. The molecule has 0 fully saturated rings. The predicted molar refractivity (Wildman–Crippen MR) is 114 cm³/mol. The standard InChI is InChI=1S/C21H21BN6O2/c1-2-3-9-30-21(29)17-7-8-18-25-26-19(28(18)27-17)11-14-5-4-6-15(10-14)20-23-12-16(22)13-24-20/h4-8,10,12-13H,2-3,9,11,22H2,1H3. The van der Waals surface area contributed by atoms with Crippen LogP contribution in [-0.4, -0.2) is 50.2 Å². The second-order valence-corrected chi connectivity index (χ2v) is 7.06. The molecule has 0 saturated heterocycles. The minimum Gasteiger partial charge on any atom is -0.461 e. The van der Waals surface area contributed by atoms with E-state index in [2.05, 4.69) is 25.3 Å². The van der Waals surface area contributed by atoms with Crippen molar-refractivity contribution >= 4 is 24.9 Å². The Morgan fingerprint density at radius 2 is 1.97 bits per heavy atom. The molecular weight excluding hydrogens is 379 g/mol. The lowest BCUT2D eigenvalue weighted by atomic mass is 10.0. The van der Waals surface area contributed by atoms with E-state index in [-0.39, 0.29) is 5.69 Å². The first-order valence-electron chi connectivity index (χ1n) is 9.90. The van der Waals surface area contributed by atoms with Crippen LogP contribution in [0.4, 0.5) is 0 Å². The fourth-order valence-electron chi connectivity index (χ4n) is 2.98. The summed E-state index contributed by atoms with van der Waals surface area (Å²) in [5, 5.41) is 12.8. The van der Waals surface area contributed by atoms with Crippen LogP contribution >= 0.6 is 0 Å². The van der Waals surface area contributed by atoms with Crippen molar-refractivity contribution in [2.75, 3.05) is 6.61 Å².